The largest absolute Gasteiger partial charge is 0.478 e. The lowest BCUT2D eigenvalue weighted by molar-refractivity contribution is -0.119. The molecule has 1 fully saturated rings. The van der Waals surface area contributed by atoms with Gasteiger partial charge in [-0.15, -0.1) is 0 Å². The highest BCUT2D eigenvalue weighted by Gasteiger charge is 2.42. The first-order valence-corrected chi connectivity index (χ1v) is 12.2. The van der Waals surface area contributed by atoms with E-state index in [1.807, 2.05) is 47.4 Å². The highest BCUT2D eigenvalue weighted by Crippen LogP contribution is 2.43. The van der Waals surface area contributed by atoms with Gasteiger partial charge in [-0.05, 0) is 72.9 Å². The van der Waals surface area contributed by atoms with E-state index in [2.05, 4.69) is 15.6 Å². The summed E-state index contributed by atoms with van der Waals surface area (Å²) in [5.41, 5.74) is 3.04. The van der Waals surface area contributed by atoms with Gasteiger partial charge in [-0.25, -0.2) is 4.79 Å². The van der Waals surface area contributed by atoms with Crippen molar-refractivity contribution in [2.75, 3.05) is 23.9 Å². The van der Waals surface area contributed by atoms with Crippen molar-refractivity contribution in [1.29, 1.82) is 0 Å². The molecule has 0 aliphatic carbocycles. The fourth-order valence-corrected chi connectivity index (χ4v) is 4.77. The maximum absolute atomic E-state index is 11.9. The molecule has 3 N–H and O–H groups in total. The minimum Gasteiger partial charge on any atom is -0.478 e. The van der Waals surface area contributed by atoms with Gasteiger partial charge in [0.05, 0.1) is 17.3 Å². The molecule has 2 aromatic heterocycles. The first-order chi connectivity index (χ1) is 18.4. The zero-order valence-corrected chi connectivity index (χ0v) is 21.1. The number of rotatable bonds is 8. The molecule has 1 amide bonds. The number of nitrogens with one attached hydrogen (secondary N) is 2. The summed E-state index contributed by atoms with van der Waals surface area (Å²) in [6, 6.07) is 22.6. The molecule has 1 aliphatic rings. The number of benzene rings is 2. The SMILES string of the molecule is COCC(=O)Nc1ccc(N2C(=S)N[C@@H](c3ccccn3)[C@@H]2c2ccc(-c3cccc(C(=O)O)c3)o2)cc1. The standard InChI is InChI=1S/C28H24N4O5S/c1-36-16-24(33)30-19-8-10-20(11-9-19)32-26(25(31-28(32)38)21-7-2-3-14-29-21)23-13-12-22(37-23)17-5-4-6-18(15-17)27(34)35/h2-15,25-26H,16H2,1H3,(H,30,33)(H,31,38)(H,34,35)/t25-,26-/m0/s1. The van der Waals surface area contributed by atoms with Gasteiger partial charge in [0, 0.05) is 30.2 Å². The summed E-state index contributed by atoms with van der Waals surface area (Å²) in [5, 5.41) is 16.0. The monoisotopic (exact) mass is 528 g/mol. The lowest BCUT2D eigenvalue weighted by Crippen LogP contribution is -2.29. The Bertz CT molecular complexity index is 1470. The van der Waals surface area contributed by atoms with Gasteiger partial charge < -0.3 is 29.8 Å². The number of hydrogen-bond donors (Lipinski definition) is 3. The Morgan fingerprint density at radius 3 is 2.63 bits per heavy atom. The molecule has 2 aromatic carbocycles. The molecule has 1 aliphatic heterocycles. The highest BCUT2D eigenvalue weighted by molar-refractivity contribution is 7.80. The van der Waals surface area contributed by atoms with Crippen LogP contribution in [-0.4, -0.2) is 40.8 Å². The smallest absolute Gasteiger partial charge is 0.335 e. The summed E-state index contributed by atoms with van der Waals surface area (Å²) in [5.74, 6) is -0.0907. The number of amides is 1. The number of hydrogen-bond acceptors (Lipinski definition) is 6. The van der Waals surface area contributed by atoms with Crippen molar-refractivity contribution in [1.82, 2.24) is 10.3 Å². The molecule has 0 saturated carbocycles. The molecule has 4 aromatic rings. The van der Waals surface area contributed by atoms with Gasteiger partial charge in [0.25, 0.3) is 0 Å². The van der Waals surface area contributed by atoms with Crippen LogP contribution < -0.4 is 15.5 Å². The van der Waals surface area contributed by atoms with Crippen LogP contribution in [0.3, 0.4) is 0 Å². The maximum atomic E-state index is 11.9. The molecule has 5 rings (SSSR count). The molecule has 0 bridgehead atoms. The number of nitrogens with zero attached hydrogens (tertiary/aromatic N) is 2. The predicted molar refractivity (Wildman–Crippen MR) is 146 cm³/mol. The second-order valence-electron chi connectivity index (χ2n) is 8.61. The number of carboxylic acid groups (broad SMARTS) is 1. The minimum absolute atomic E-state index is 0.0358. The van der Waals surface area contributed by atoms with E-state index in [-0.39, 0.29) is 30.2 Å². The number of pyridine rings is 1. The van der Waals surface area contributed by atoms with Gasteiger partial charge in [-0.1, -0.05) is 18.2 Å². The zero-order valence-electron chi connectivity index (χ0n) is 20.3. The van der Waals surface area contributed by atoms with Gasteiger partial charge in [-0.3, -0.25) is 9.78 Å². The molecular weight excluding hydrogens is 504 g/mol. The van der Waals surface area contributed by atoms with Crippen LogP contribution >= 0.6 is 12.2 Å². The van der Waals surface area contributed by atoms with Crippen LogP contribution in [-0.2, 0) is 9.53 Å². The van der Waals surface area contributed by atoms with Crippen molar-refractivity contribution < 1.29 is 23.8 Å². The van der Waals surface area contributed by atoms with Crippen LogP contribution in [0.15, 0.2) is 89.5 Å². The Morgan fingerprint density at radius 2 is 1.92 bits per heavy atom. The maximum Gasteiger partial charge on any atom is 0.335 e. The van der Waals surface area contributed by atoms with E-state index in [0.717, 1.165) is 11.4 Å². The van der Waals surface area contributed by atoms with E-state index in [1.165, 1.54) is 13.2 Å². The van der Waals surface area contributed by atoms with Crippen molar-refractivity contribution in [3.63, 3.8) is 0 Å². The van der Waals surface area contributed by atoms with Crippen LogP contribution in [0.25, 0.3) is 11.3 Å². The minimum atomic E-state index is -1.01. The quantitative estimate of drug-likeness (QED) is 0.277. The van der Waals surface area contributed by atoms with E-state index in [0.29, 0.717) is 27.9 Å². The van der Waals surface area contributed by atoms with Gasteiger partial charge in [0.15, 0.2) is 5.11 Å². The van der Waals surface area contributed by atoms with Crippen LogP contribution in [0.2, 0.25) is 0 Å². The third-order valence-electron chi connectivity index (χ3n) is 6.12. The Balaban J connectivity index is 1.51. The van der Waals surface area contributed by atoms with Crippen LogP contribution in [0.5, 0.6) is 0 Å². The van der Waals surface area contributed by atoms with Crippen molar-refractivity contribution in [3.05, 3.63) is 102 Å². The third kappa shape index (κ3) is 5.13. The Morgan fingerprint density at radius 1 is 1.11 bits per heavy atom. The molecule has 1 saturated heterocycles. The van der Waals surface area contributed by atoms with Crippen LogP contribution in [0.4, 0.5) is 11.4 Å². The van der Waals surface area contributed by atoms with Crippen molar-refractivity contribution in [2.45, 2.75) is 12.1 Å². The molecule has 0 spiro atoms. The molecule has 3 heterocycles. The average Bonchev–Trinajstić information content (AvgIpc) is 3.54. The van der Waals surface area contributed by atoms with Gasteiger partial charge in [0.2, 0.25) is 5.91 Å². The van der Waals surface area contributed by atoms with E-state index in [1.54, 1.807) is 36.5 Å². The van der Waals surface area contributed by atoms with Crippen molar-refractivity contribution in [2.24, 2.45) is 0 Å². The summed E-state index contributed by atoms with van der Waals surface area (Å²) < 4.78 is 11.2. The molecule has 38 heavy (non-hydrogen) atoms. The van der Waals surface area contributed by atoms with Gasteiger partial charge in [-0.2, -0.15) is 0 Å². The number of carbonyl (C=O) groups is 2. The second-order valence-corrected chi connectivity index (χ2v) is 9.00. The number of carbonyl (C=O) groups excluding carboxylic acids is 1. The summed E-state index contributed by atoms with van der Waals surface area (Å²) >= 11 is 5.75. The summed E-state index contributed by atoms with van der Waals surface area (Å²) in [7, 11) is 1.46. The summed E-state index contributed by atoms with van der Waals surface area (Å²) in [6.07, 6.45) is 1.72. The number of anilines is 2. The number of thiocarbonyl (C=S) groups is 1. The lowest BCUT2D eigenvalue weighted by Gasteiger charge is -2.26. The first kappa shape index (κ1) is 25.1. The van der Waals surface area contributed by atoms with E-state index < -0.39 is 5.97 Å². The predicted octanol–water partition coefficient (Wildman–Crippen LogP) is 4.80. The molecule has 0 radical (unpaired) electrons. The molecule has 2 atom stereocenters. The summed E-state index contributed by atoms with van der Waals surface area (Å²) in [4.78, 5) is 29.8. The van der Waals surface area contributed by atoms with Crippen LogP contribution in [0, 0.1) is 0 Å². The molecule has 9 nitrogen and oxygen atoms in total. The van der Waals surface area contributed by atoms with Crippen molar-refractivity contribution in [3.8, 4) is 11.3 Å². The Kier molecular flexibility index (Phi) is 7.16. The van der Waals surface area contributed by atoms with Crippen LogP contribution in [0.1, 0.15) is 33.9 Å². The number of ether oxygens (including phenoxy) is 1. The fourth-order valence-electron chi connectivity index (χ4n) is 4.43. The molecule has 0 unspecified atom stereocenters. The van der Waals surface area contributed by atoms with Crippen molar-refractivity contribution >= 4 is 40.6 Å². The normalized spacial score (nSPS) is 16.8. The van der Waals surface area contributed by atoms with Gasteiger partial charge >= 0.3 is 5.97 Å². The topological polar surface area (TPSA) is 117 Å². The number of aromatic nitrogens is 1. The average molecular weight is 529 g/mol. The van der Waals surface area contributed by atoms with Gasteiger partial charge in [0.1, 0.15) is 24.2 Å². The molecule has 192 valence electrons. The first-order valence-electron chi connectivity index (χ1n) is 11.8. The number of furan rings is 1. The van der Waals surface area contributed by atoms with E-state index >= 15 is 0 Å². The lowest BCUT2D eigenvalue weighted by atomic mass is 10.0. The second kappa shape index (κ2) is 10.8. The number of aromatic carboxylic acids is 1. The van der Waals surface area contributed by atoms with E-state index in [4.69, 9.17) is 21.4 Å². The summed E-state index contributed by atoms with van der Waals surface area (Å²) in [6.45, 7) is -0.0358. The molecule has 10 heteroatoms. The number of carboxylic acids is 1. The number of methoxy groups -OCH3 is 1. The zero-order chi connectivity index (χ0) is 26.6. The Labute approximate surface area is 224 Å². The molecular formula is C28H24N4O5S. The Hall–Kier alpha value is -4.54. The third-order valence-corrected chi connectivity index (χ3v) is 6.43. The highest BCUT2D eigenvalue weighted by atomic mass is 32.1. The van der Waals surface area contributed by atoms with E-state index in [9.17, 15) is 14.7 Å². The fraction of sp³-hybridized carbons (Fsp3) is 0.143.